The molecular weight excluding hydrogens is 1560 g/mol. The Morgan fingerprint density at radius 3 is 0.973 bits per heavy atom. The zero-order valence-electron chi connectivity index (χ0n) is 71.0. The summed E-state index contributed by atoms with van der Waals surface area (Å²) in [6.45, 7) is 55.0. The smallest absolute Gasteiger partial charge is 0.228 e. The number of amides is 5. The Bertz CT molecular complexity index is 4380. The number of benzene rings is 5. The van der Waals surface area contributed by atoms with Crippen LogP contribution >= 0.6 is 55.1 Å². The Balaban J connectivity index is 0.000000343. The molecule has 10 rings (SSSR count). The van der Waals surface area contributed by atoms with E-state index in [2.05, 4.69) is 232 Å². The second-order valence-electron chi connectivity index (χ2n) is 34.2. The largest absolute Gasteiger partial charge is 0.310 e. The quantitative estimate of drug-likeness (QED) is 0.0618. The molecule has 0 spiro atoms. The molecule has 0 atom stereocenters. The first-order valence-electron chi connectivity index (χ1n) is 38.9. The maximum Gasteiger partial charge on any atom is 0.228 e. The van der Waals surface area contributed by atoms with Crippen molar-refractivity contribution >= 4 is 168 Å². The van der Waals surface area contributed by atoms with E-state index in [1.54, 1.807) is 6.92 Å². The Morgan fingerprint density at radius 1 is 0.324 bits per heavy atom. The van der Waals surface area contributed by atoms with Gasteiger partial charge in [0.25, 0.3) is 0 Å². The molecule has 0 aliphatic heterocycles. The van der Waals surface area contributed by atoms with E-state index in [0.29, 0.717) is 68.2 Å². The highest BCUT2D eigenvalue weighted by Gasteiger charge is 2.21. The van der Waals surface area contributed by atoms with E-state index in [-0.39, 0.29) is 58.1 Å². The van der Waals surface area contributed by atoms with Gasteiger partial charge in [0.2, 0.25) is 29.5 Å². The van der Waals surface area contributed by atoms with Gasteiger partial charge in [-0.1, -0.05) is 282 Å². The van der Waals surface area contributed by atoms with E-state index >= 15 is 0 Å². The molecule has 5 amide bonds. The van der Waals surface area contributed by atoms with Gasteiger partial charge in [0.1, 0.15) is 17.5 Å². The molecule has 0 radical (unpaired) electrons. The average molecular weight is 1680 g/mol. The number of aromatic nitrogens is 5. The van der Waals surface area contributed by atoms with Gasteiger partial charge < -0.3 is 26.6 Å². The normalized spacial score (nSPS) is 11.3. The number of hydrogen-bond donors (Lipinski definition) is 5. The van der Waals surface area contributed by atoms with Crippen LogP contribution in [-0.4, -0.2) is 54.5 Å². The van der Waals surface area contributed by atoms with Gasteiger partial charge in [-0.2, -0.15) is 0 Å². The van der Waals surface area contributed by atoms with Gasteiger partial charge in [-0.25, -0.2) is 24.9 Å². The highest BCUT2D eigenvalue weighted by atomic mass is 79.9. The number of hydrogen-bond acceptors (Lipinski definition) is 10. The Labute approximate surface area is 690 Å². The minimum Gasteiger partial charge on any atom is -0.310 e. The van der Waals surface area contributed by atoms with Crippen LogP contribution in [0.5, 0.6) is 0 Å². The third kappa shape index (κ3) is 36.2. The molecule has 15 nitrogen and oxygen atoms in total. The maximum absolute atomic E-state index is 12.1. The SMILES string of the molecule is CC(C)(C)C.CC(C)(C)C.CC(C)(C)C.CCC(=O)Nc1nc2cc(C(C)(C)C)ccc2cc1Br.CCC(=O)Nc1nc2cc(C(C)(C)C)ccc2cc1Cl.CCC(CC)C(=O)Nc1ccc2ccccc2n1.CCC(CC)C(=O)Nc1nc2ccccc2cc1Br.CCC(CC)C(=O)Nc1nc2ccccc2cc1Cl. The second-order valence-corrected chi connectivity index (χ2v) is 36.7. The first-order chi connectivity index (χ1) is 51.7. The van der Waals surface area contributed by atoms with Crippen molar-refractivity contribution in [2.24, 2.45) is 34.0 Å². The van der Waals surface area contributed by atoms with Crippen molar-refractivity contribution in [1.29, 1.82) is 0 Å². The number of para-hydroxylation sites is 3. The molecule has 0 aliphatic carbocycles. The van der Waals surface area contributed by atoms with Crippen molar-refractivity contribution in [2.75, 3.05) is 26.6 Å². The highest BCUT2D eigenvalue weighted by molar-refractivity contribution is 9.11. The number of rotatable bonds is 16. The lowest BCUT2D eigenvalue weighted by molar-refractivity contribution is -0.120. The van der Waals surface area contributed by atoms with Gasteiger partial charge in [0, 0.05) is 57.5 Å². The number of pyridine rings is 5. The molecule has 5 aromatic heterocycles. The number of anilines is 5. The van der Waals surface area contributed by atoms with Crippen LogP contribution in [0.1, 0.15) is 243 Å². The summed E-state index contributed by atoms with van der Waals surface area (Å²) < 4.78 is 1.61. The topological polar surface area (TPSA) is 210 Å². The summed E-state index contributed by atoms with van der Waals surface area (Å²) in [6.07, 6.45) is 5.86. The minimum absolute atomic E-state index is 0.00402. The second kappa shape index (κ2) is 45.7. The van der Waals surface area contributed by atoms with Crippen LogP contribution in [0.4, 0.5) is 29.1 Å². The van der Waals surface area contributed by atoms with E-state index in [4.69, 9.17) is 23.2 Å². The van der Waals surface area contributed by atoms with Crippen LogP contribution in [-0.2, 0) is 34.8 Å². The van der Waals surface area contributed by atoms with Crippen molar-refractivity contribution in [3.05, 3.63) is 176 Å². The molecule has 0 fully saturated rings. The van der Waals surface area contributed by atoms with Gasteiger partial charge in [0.05, 0.1) is 46.6 Å². The fourth-order valence-electron chi connectivity index (χ4n) is 9.97. The number of nitrogens with zero attached hydrogens (tertiary/aromatic N) is 5. The molecule has 111 heavy (non-hydrogen) atoms. The monoisotopic (exact) mass is 1680 g/mol. The molecule has 10 aromatic rings. The van der Waals surface area contributed by atoms with Gasteiger partial charge in [-0.15, -0.1) is 0 Å². The number of nitrogens with one attached hydrogen (secondary N) is 5. The lowest BCUT2D eigenvalue weighted by Crippen LogP contribution is -2.22. The van der Waals surface area contributed by atoms with Crippen LogP contribution in [0.3, 0.4) is 0 Å². The van der Waals surface area contributed by atoms with E-state index < -0.39 is 0 Å². The minimum atomic E-state index is -0.0919. The number of fused-ring (bicyclic) bond motifs is 5. The zero-order chi connectivity index (χ0) is 83.9. The lowest BCUT2D eigenvalue weighted by atomic mass is 9.86. The molecule has 5 N–H and O–H groups in total. The molecular formula is C92H126Br2Cl2N10O5. The van der Waals surface area contributed by atoms with Crippen LogP contribution < -0.4 is 26.6 Å². The zero-order valence-corrected chi connectivity index (χ0v) is 75.7. The predicted octanol–water partition coefficient (Wildman–Crippen LogP) is 27.6. The first kappa shape index (κ1) is 97.2. The predicted molar refractivity (Wildman–Crippen MR) is 483 cm³/mol. The summed E-state index contributed by atoms with van der Waals surface area (Å²) >= 11 is 19.2. The summed E-state index contributed by atoms with van der Waals surface area (Å²) in [7, 11) is 0. The van der Waals surface area contributed by atoms with Crippen LogP contribution in [0.25, 0.3) is 54.5 Å². The van der Waals surface area contributed by atoms with Crippen molar-refractivity contribution in [3.8, 4) is 0 Å². The van der Waals surface area contributed by atoms with E-state index in [0.717, 1.165) is 102 Å². The standard InChI is InChI=1S/C16H19BrN2O.C16H19ClN2O.C15H17BrN2O.C15H17ClN2O.C15H18N2O.3C5H12/c2*1-5-14(20)19-15-12(17)8-10-6-7-11(16(2,3)4)9-13(10)18-15;2*1-3-10(4-2)15(19)18-14-12(16)9-11-7-5-6-8-13(11)17-14;1-3-11(4-2)15(18)17-14-10-9-12-7-5-6-8-13(12)16-14;3*1-5(2,3)4/h2*6-9H,5H2,1-4H3,(H,18,19,20);2*5-10H,3-4H2,1-2H3,(H,17,18,19);5-11H,3-4H2,1-2H3,(H,16,17,18);3*1-4H3. The molecule has 19 heteroatoms. The molecule has 0 aliphatic rings. The Kier molecular flexibility index (Phi) is 40.0. The molecule has 0 saturated carbocycles. The Hall–Kier alpha value is -7.96. The molecule has 602 valence electrons. The lowest BCUT2D eigenvalue weighted by Gasteiger charge is -2.19. The van der Waals surface area contributed by atoms with Crippen LogP contribution in [0, 0.1) is 34.0 Å². The Morgan fingerprint density at radius 2 is 0.595 bits per heavy atom. The van der Waals surface area contributed by atoms with Gasteiger partial charge >= 0.3 is 0 Å². The van der Waals surface area contributed by atoms with Crippen LogP contribution in [0.15, 0.2) is 155 Å². The number of carbonyl (C=O) groups is 5. The van der Waals surface area contributed by atoms with Gasteiger partial charge in [-0.05, 0) is 175 Å². The highest BCUT2D eigenvalue weighted by Crippen LogP contribution is 2.33. The fraction of sp³-hybridized carbons (Fsp3) is 0.457. The molecule has 5 heterocycles. The van der Waals surface area contributed by atoms with Gasteiger partial charge in [-0.3, -0.25) is 24.0 Å². The van der Waals surface area contributed by atoms with E-state index in [1.165, 1.54) is 11.1 Å². The summed E-state index contributed by atoms with van der Waals surface area (Å²) in [5.74, 6) is 2.73. The molecule has 0 unspecified atom stereocenters. The molecule has 0 bridgehead atoms. The van der Waals surface area contributed by atoms with Crippen molar-refractivity contribution in [3.63, 3.8) is 0 Å². The van der Waals surface area contributed by atoms with Gasteiger partial charge in [0.15, 0.2) is 11.6 Å². The average Bonchev–Trinajstić information content (AvgIpc) is 0.843. The summed E-state index contributed by atoms with van der Waals surface area (Å²) in [5.41, 5.74) is 8.41. The summed E-state index contributed by atoms with van der Waals surface area (Å²) in [5, 5.41) is 20.2. The van der Waals surface area contributed by atoms with E-state index in [1.807, 2.05) is 170 Å². The third-order valence-electron chi connectivity index (χ3n) is 16.2. The number of carbonyl (C=O) groups excluding carboxylic acids is 5. The number of halogens is 4. The summed E-state index contributed by atoms with van der Waals surface area (Å²) in [4.78, 5) is 81.5. The van der Waals surface area contributed by atoms with Crippen molar-refractivity contribution < 1.29 is 24.0 Å². The van der Waals surface area contributed by atoms with Crippen molar-refractivity contribution in [1.82, 2.24) is 24.9 Å². The first-order valence-corrected chi connectivity index (χ1v) is 41.2. The molecule has 5 aromatic carbocycles. The summed E-state index contributed by atoms with van der Waals surface area (Å²) in [6, 6.07) is 47.3. The van der Waals surface area contributed by atoms with Crippen molar-refractivity contribution in [2.45, 2.75) is 242 Å². The third-order valence-corrected chi connectivity index (χ3v) is 18.0. The fourth-order valence-corrected chi connectivity index (χ4v) is 11.3. The van der Waals surface area contributed by atoms with E-state index in [9.17, 15) is 24.0 Å². The van der Waals surface area contributed by atoms with Crippen LogP contribution in [0.2, 0.25) is 10.0 Å². The maximum atomic E-state index is 12.1. The molecule has 0 saturated heterocycles.